The third-order valence-electron chi connectivity index (χ3n) is 4.97. The lowest BCUT2D eigenvalue weighted by molar-refractivity contribution is -0.144. The molecule has 2 rings (SSSR count). The van der Waals surface area contributed by atoms with Gasteiger partial charge in [-0.1, -0.05) is 23.9 Å². The standard InChI is InChI=1S/C21H26N2O8S/c1-12(24)32-11-10-16(23-19(26)13-6-4-5-7-14(13)20(23)27)18(25)22-15(21(28)29)8-9-17(30-2)31-3/h4-7,15-17H,8-11H2,1-3H3,(H,22,25)(H,28,29)/t15-,16+/m0/s1. The molecule has 0 bridgehead atoms. The quantitative estimate of drug-likeness (QED) is 0.344. The number of nitrogens with zero attached hydrogens (tertiary/aromatic N) is 1. The van der Waals surface area contributed by atoms with Gasteiger partial charge in [-0.05, 0) is 25.0 Å². The average molecular weight is 467 g/mol. The Bertz CT molecular complexity index is 851. The molecule has 1 aliphatic heterocycles. The summed E-state index contributed by atoms with van der Waals surface area (Å²) >= 11 is 0.950. The van der Waals surface area contributed by atoms with Gasteiger partial charge in [0.25, 0.3) is 11.8 Å². The second-order valence-electron chi connectivity index (χ2n) is 7.05. The topological polar surface area (TPSA) is 139 Å². The summed E-state index contributed by atoms with van der Waals surface area (Å²) < 4.78 is 10.1. The van der Waals surface area contributed by atoms with Crippen molar-refractivity contribution < 1.29 is 38.6 Å². The number of amides is 3. The lowest BCUT2D eigenvalue weighted by atomic mass is 10.1. The number of benzene rings is 1. The van der Waals surface area contributed by atoms with Crippen molar-refractivity contribution in [1.82, 2.24) is 10.2 Å². The third kappa shape index (κ3) is 6.15. The normalized spacial score (nSPS) is 14.9. The first kappa shape index (κ1) is 25.5. The van der Waals surface area contributed by atoms with E-state index in [1.165, 1.54) is 33.3 Å². The number of fused-ring (bicyclic) bond motifs is 1. The van der Waals surface area contributed by atoms with Crippen molar-refractivity contribution in [3.63, 3.8) is 0 Å². The average Bonchev–Trinajstić information content (AvgIpc) is 3.01. The molecule has 2 N–H and O–H groups in total. The second kappa shape index (κ2) is 11.7. The van der Waals surface area contributed by atoms with Crippen molar-refractivity contribution in [2.45, 2.75) is 44.6 Å². The Labute approximate surface area is 189 Å². The van der Waals surface area contributed by atoms with E-state index >= 15 is 0 Å². The molecular weight excluding hydrogens is 440 g/mol. The number of aliphatic carboxylic acids is 1. The van der Waals surface area contributed by atoms with Gasteiger partial charge in [0.05, 0.1) is 11.1 Å². The number of thioether (sulfide) groups is 1. The van der Waals surface area contributed by atoms with Crippen LogP contribution < -0.4 is 5.32 Å². The summed E-state index contributed by atoms with van der Waals surface area (Å²) in [6.07, 6.45) is -0.452. The third-order valence-corrected chi connectivity index (χ3v) is 5.81. The molecule has 0 aromatic heterocycles. The SMILES string of the molecule is COC(CC[C@H](NC(=O)[C@@H](CCSC(C)=O)N1C(=O)c2ccccc2C1=O)C(=O)O)OC. The Hall–Kier alpha value is -2.76. The summed E-state index contributed by atoms with van der Waals surface area (Å²) in [5, 5.41) is 11.8. The Morgan fingerprint density at radius 3 is 2.06 bits per heavy atom. The number of hydrogen-bond donors (Lipinski definition) is 2. The number of carboxylic acid groups (broad SMARTS) is 1. The van der Waals surface area contributed by atoms with E-state index in [4.69, 9.17) is 9.47 Å². The van der Waals surface area contributed by atoms with Crippen molar-refractivity contribution in [3.8, 4) is 0 Å². The zero-order valence-electron chi connectivity index (χ0n) is 18.0. The predicted octanol–water partition coefficient (Wildman–Crippen LogP) is 1.29. The largest absolute Gasteiger partial charge is 0.480 e. The number of nitrogens with one attached hydrogen (secondary N) is 1. The van der Waals surface area contributed by atoms with Crippen molar-refractivity contribution in [1.29, 1.82) is 0 Å². The van der Waals surface area contributed by atoms with E-state index < -0.39 is 42.1 Å². The van der Waals surface area contributed by atoms with Crippen LogP contribution in [0.3, 0.4) is 0 Å². The van der Waals surface area contributed by atoms with Gasteiger partial charge in [-0.25, -0.2) is 4.79 Å². The van der Waals surface area contributed by atoms with Gasteiger partial charge in [0.15, 0.2) is 11.4 Å². The Morgan fingerprint density at radius 2 is 1.59 bits per heavy atom. The van der Waals surface area contributed by atoms with Crippen LogP contribution in [-0.4, -0.2) is 77.2 Å². The smallest absolute Gasteiger partial charge is 0.326 e. The number of carboxylic acids is 1. The van der Waals surface area contributed by atoms with Crippen molar-refractivity contribution in [2.75, 3.05) is 20.0 Å². The monoisotopic (exact) mass is 466 g/mol. The molecule has 1 aromatic rings. The molecule has 1 aliphatic rings. The predicted molar refractivity (Wildman–Crippen MR) is 115 cm³/mol. The van der Waals surface area contributed by atoms with E-state index in [0.717, 1.165) is 16.7 Å². The highest BCUT2D eigenvalue weighted by molar-refractivity contribution is 8.13. The number of imide groups is 1. The zero-order chi connectivity index (χ0) is 23.8. The van der Waals surface area contributed by atoms with Crippen LogP contribution in [0.5, 0.6) is 0 Å². The van der Waals surface area contributed by atoms with Gasteiger partial charge < -0.3 is 19.9 Å². The lowest BCUT2D eigenvalue weighted by Gasteiger charge is -2.27. The molecule has 2 atom stereocenters. The molecule has 0 spiro atoms. The van der Waals surface area contributed by atoms with Crippen LogP contribution in [0.4, 0.5) is 0 Å². The summed E-state index contributed by atoms with van der Waals surface area (Å²) in [4.78, 5) is 62.6. The zero-order valence-corrected chi connectivity index (χ0v) is 18.8. The Kier molecular flexibility index (Phi) is 9.36. The fourth-order valence-corrected chi connectivity index (χ4v) is 3.97. The number of carbonyl (C=O) groups is 5. The van der Waals surface area contributed by atoms with Crippen LogP contribution in [0.15, 0.2) is 24.3 Å². The highest BCUT2D eigenvalue weighted by atomic mass is 32.2. The molecule has 3 amide bonds. The summed E-state index contributed by atoms with van der Waals surface area (Å²) in [5.74, 6) is -3.16. The number of ether oxygens (including phenoxy) is 2. The highest BCUT2D eigenvalue weighted by Crippen LogP contribution is 2.26. The Balaban J connectivity index is 2.22. The van der Waals surface area contributed by atoms with Crippen LogP contribution in [0.1, 0.15) is 46.9 Å². The van der Waals surface area contributed by atoms with Crippen LogP contribution in [-0.2, 0) is 23.9 Å². The number of rotatable bonds is 12. The molecule has 0 unspecified atom stereocenters. The van der Waals surface area contributed by atoms with Gasteiger partial charge in [-0.3, -0.25) is 24.1 Å². The van der Waals surface area contributed by atoms with Crippen LogP contribution in [0.2, 0.25) is 0 Å². The second-order valence-corrected chi connectivity index (χ2v) is 8.32. The molecule has 1 aromatic carbocycles. The van der Waals surface area contributed by atoms with E-state index in [1.807, 2.05) is 0 Å². The van der Waals surface area contributed by atoms with Gasteiger partial charge in [-0.15, -0.1) is 0 Å². The molecule has 32 heavy (non-hydrogen) atoms. The molecule has 174 valence electrons. The first-order valence-electron chi connectivity index (χ1n) is 9.90. The molecule has 0 saturated heterocycles. The maximum Gasteiger partial charge on any atom is 0.326 e. The summed E-state index contributed by atoms with van der Waals surface area (Å²) in [5.41, 5.74) is 0.347. The number of hydrogen-bond acceptors (Lipinski definition) is 8. The van der Waals surface area contributed by atoms with Crippen molar-refractivity contribution in [3.05, 3.63) is 35.4 Å². The molecule has 0 aliphatic carbocycles. The lowest BCUT2D eigenvalue weighted by Crippen LogP contribution is -2.53. The fourth-order valence-electron chi connectivity index (χ4n) is 3.34. The van der Waals surface area contributed by atoms with Crippen LogP contribution >= 0.6 is 11.8 Å². The van der Waals surface area contributed by atoms with E-state index in [2.05, 4.69) is 5.32 Å². The van der Waals surface area contributed by atoms with E-state index in [9.17, 15) is 29.1 Å². The molecule has 11 heteroatoms. The summed E-state index contributed by atoms with van der Waals surface area (Å²) in [6, 6.07) is 3.65. The maximum atomic E-state index is 13.1. The van der Waals surface area contributed by atoms with E-state index in [1.54, 1.807) is 12.1 Å². The molecule has 0 fully saturated rings. The molecular formula is C21H26N2O8S. The minimum absolute atomic E-state index is 0.00442. The summed E-state index contributed by atoms with van der Waals surface area (Å²) in [6.45, 7) is 1.37. The Morgan fingerprint density at radius 1 is 1.03 bits per heavy atom. The van der Waals surface area contributed by atoms with Gasteiger partial charge in [0, 0.05) is 33.3 Å². The van der Waals surface area contributed by atoms with Gasteiger partial charge >= 0.3 is 5.97 Å². The van der Waals surface area contributed by atoms with Gasteiger partial charge in [0.2, 0.25) is 5.91 Å². The first-order valence-corrected chi connectivity index (χ1v) is 10.9. The van der Waals surface area contributed by atoms with Crippen LogP contribution in [0.25, 0.3) is 0 Å². The minimum Gasteiger partial charge on any atom is -0.480 e. The van der Waals surface area contributed by atoms with Crippen LogP contribution in [0, 0.1) is 0 Å². The maximum absolute atomic E-state index is 13.1. The molecule has 0 radical (unpaired) electrons. The van der Waals surface area contributed by atoms with Crippen molar-refractivity contribution in [2.24, 2.45) is 0 Å². The number of methoxy groups -OCH3 is 2. The van der Waals surface area contributed by atoms with Crippen molar-refractivity contribution >= 4 is 40.6 Å². The molecule has 0 saturated carbocycles. The van der Waals surface area contributed by atoms with Gasteiger partial charge in [-0.2, -0.15) is 0 Å². The van der Waals surface area contributed by atoms with E-state index in [-0.39, 0.29) is 41.3 Å². The highest BCUT2D eigenvalue weighted by Gasteiger charge is 2.43. The minimum atomic E-state index is -1.28. The first-order chi connectivity index (χ1) is 15.2. The summed E-state index contributed by atoms with van der Waals surface area (Å²) in [7, 11) is 2.82. The molecule has 1 heterocycles. The van der Waals surface area contributed by atoms with Gasteiger partial charge in [0.1, 0.15) is 12.1 Å². The van der Waals surface area contributed by atoms with E-state index in [0.29, 0.717) is 0 Å². The number of carbonyl (C=O) groups excluding carboxylic acids is 4. The molecule has 10 nitrogen and oxygen atoms in total. The fraction of sp³-hybridized carbons (Fsp3) is 0.476.